The molecule has 138 valence electrons. The summed E-state index contributed by atoms with van der Waals surface area (Å²) in [6, 6.07) is 20.3. The molecule has 0 aliphatic rings. The molecule has 0 aliphatic heterocycles. The number of hydrogen-bond acceptors (Lipinski definition) is 3. The minimum absolute atomic E-state index is 0.221. The van der Waals surface area contributed by atoms with E-state index in [1.54, 1.807) is 13.0 Å². The van der Waals surface area contributed by atoms with Gasteiger partial charge in [-0.15, -0.1) is 0 Å². The van der Waals surface area contributed by atoms with E-state index in [1.165, 1.54) is 10.7 Å². The van der Waals surface area contributed by atoms with Gasteiger partial charge in [-0.05, 0) is 31.9 Å². The molecule has 5 heteroatoms. The molecule has 3 aromatic rings. The van der Waals surface area contributed by atoms with E-state index >= 15 is 0 Å². The van der Waals surface area contributed by atoms with Crippen LogP contribution in [0.2, 0.25) is 0 Å². The Labute approximate surface area is 158 Å². The van der Waals surface area contributed by atoms with Crippen molar-refractivity contribution in [3.05, 3.63) is 88.2 Å². The Morgan fingerprint density at radius 3 is 2.44 bits per heavy atom. The second kappa shape index (κ2) is 8.45. The first-order valence-corrected chi connectivity index (χ1v) is 9.03. The second-order valence-electron chi connectivity index (χ2n) is 6.57. The van der Waals surface area contributed by atoms with E-state index in [4.69, 9.17) is 0 Å². The van der Waals surface area contributed by atoms with Crippen molar-refractivity contribution >= 4 is 5.91 Å². The topological polar surface area (TPSA) is 64.0 Å². The number of amides is 1. The fourth-order valence-corrected chi connectivity index (χ4v) is 2.81. The Balaban J connectivity index is 1.70. The Morgan fingerprint density at radius 1 is 1.04 bits per heavy atom. The third-order valence-electron chi connectivity index (χ3n) is 4.47. The van der Waals surface area contributed by atoms with Crippen LogP contribution in [0.4, 0.5) is 0 Å². The molecule has 0 saturated carbocycles. The quantitative estimate of drug-likeness (QED) is 0.734. The second-order valence-corrected chi connectivity index (χ2v) is 6.57. The SMILES string of the molecule is Cc1ccc(-c2ccc(=O)n(C(C)C(=O)NCCc3ccccc3)n2)cc1. The highest BCUT2D eigenvalue weighted by molar-refractivity contribution is 5.79. The van der Waals surface area contributed by atoms with Crippen LogP contribution < -0.4 is 10.9 Å². The maximum absolute atomic E-state index is 12.5. The lowest BCUT2D eigenvalue weighted by Gasteiger charge is -2.15. The van der Waals surface area contributed by atoms with Crippen LogP contribution in [0.15, 0.2) is 71.5 Å². The minimum atomic E-state index is -0.682. The largest absolute Gasteiger partial charge is 0.354 e. The average Bonchev–Trinajstić information content (AvgIpc) is 2.69. The fourth-order valence-electron chi connectivity index (χ4n) is 2.81. The van der Waals surface area contributed by atoms with Gasteiger partial charge in [0.1, 0.15) is 6.04 Å². The van der Waals surface area contributed by atoms with Gasteiger partial charge in [0.05, 0.1) is 5.69 Å². The standard InChI is InChI=1S/C22H23N3O2/c1-16-8-10-19(11-9-16)20-12-13-21(26)25(24-20)17(2)22(27)23-15-14-18-6-4-3-5-7-18/h3-13,17H,14-15H2,1-2H3,(H,23,27). The van der Waals surface area contributed by atoms with Crippen LogP contribution in [-0.2, 0) is 11.2 Å². The number of aromatic nitrogens is 2. The van der Waals surface area contributed by atoms with E-state index in [0.29, 0.717) is 12.2 Å². The molecule has 0 fully saturated rings. The lowest BCUT2D eigenvalue weighted by atomic mass is 10.1. The fraction of sp³-hybridized carbons (Fsp3) is 0.227. The average molecular weight is 361 g/mol. The molecule has 0 aliphatic carbocycles. The molecule has 2 aromatic carbocycles. The van der Waals surface area contributed by atoms with Crippen LogP contribution in [0.25, 0.3) is 11.3 Å². The summed E-state index contributed by atoms with van der Waals surface area (Å²) in [6.45, 7) is 4.21. The van der Waals surface area contributed by atoms with Gasteiger partial charge in [-0.2, -0.15) is 5.10 Å². The van der Waals surface area contributed by atoms with Gasteiger partial charge >= 0.3 is 0 Å². The number of hydrogen-bond donors (Lipinski definition) is 1. The molecule has 1 amide bonds. The van der Waals surface area contributed by atoms with E-state index in [2.05, 4.69) is 10.4 Å². The Morgan fingerprint density at radius 2 is 1.74 bits per heavy atom. The van der Waals surface area contributed by atoms with Crippen molar-refractivity contribution in [3.8, 4) is 11.3 Å². The number of carbonyl (C=O) groups excluding carboxylic acids is 1. The molecule has 5 nitrogen and oxygen atoms in total. The van der Waals surface area contributed by atoms with Crippen molar-refractivity contribution in [1.29, 1.82) is 0 Å². The molecular formula is C22H23N3O2. The number of nitrogens with zero attached hydrogens (tertiary/aromatic N) is 2. The summed E-state index contributed by atoms with van der Waals surface area (Å²) < 4.78 is 1.24. The van der Waals surface area contributed by atoms with Crippen molar-refractivity contribution < 1.29 is 4.79 Å². The van der Waals surface area contributed by atoms with E-state index in [0.717, 1.165) is 23.1 Å². The molecule has 0 saturated heterocycles. The summed E-state index contributed by atoms with van der Waals surface area (Å²) >= 11 is 0. The van der Waals surface area contributed by atoms with Crippen molar-refractivity contribution in [3.63, 3.8) is 0 Å². The summed E-state index contributed by atoms with van der Waals surface area (Å²) in [6.07, 6.45) is 0.741. The van der Waals surface area contributed by atoms with Crippen molar-refractivity contribution in [2.75, 3.05) is 6.54 Å². The maximum atomic E-state index is 12.5. The van der Waals surface area contributed by atoms with Crippen LogP contribution >= 0.6 is 0 Å². The van der Waals surface area contributed by atoms with E-state index in [9.17, 15) is 9.59 Å². The smallest absolute Gasteiger partial charge is 0.267 e. The number of rotatable bonds is 6. The minimum Gasteiger partial charge on any atom is -0.354 e. The molecule has 1 atom stereocenters. The molecular weight excluding hydrogens is 338 g/mol. The van der Waals surface area contributed by atoms with Crippen LogP contribution in [0.1, 0.15) is 24.1 Å². The van der Waals surface area contributed by atoms with E-state index < -0.39 is 6.04 Å². The summed E-state index contributed by atoms with van der Waals surface area (Å²) in [4.78, 5) is 24.7. The van der Waals surface area contributed by atoms with Gasteiger partial charge in [-0.1, -0.05) is 60.2 Å². The van der Waals surface area contributed by atoms with E-state index in [-0.39, 0.29) is 11.5 Å². The molecule has 0 spiro atoms. The highest BCUT2D eigenvalue weighted by atomic mass is 16.2. The molecule has 1 heterocycles. The highest BCUT2D eigenvalue weighted by Crippen LogP contribution is 2.16. The summed E-state index contributed by atoms with van der Waals surface area (Å²) in [5, 5.41) is 7.29. The van der Waals surface area contributed by atoms with Crippen molar-refractivity contribution in [2.24, 2.45) is 0 Å². The Kier molecular flexibility index (Phi) is 5.81. The van der Waals surface area contributed by atoms with Crippen LogP contribution in [0.5, 0.6) is 0 Å². The predicted octanol–water partition coefficient (Wildman–Crippen LogP) is 3.14. The normalized spacial score (nSPS) is 11.8. The van der Waals surface area contributed by atoms with Crippen molar-refractivity contribution in [2.45, 2.75) is 26.3 Å². The summed E-state index contributed by atoms with van der Waals surface area (Å²) in [7, 11) is 0. The van der Waals surface area contributed by atoms with Gasteiger partial charge in [-0.25, -0.2) is 4.68 Å². The van der Waals surface area contributed by atoms with Gasteiger partial charge in [-0.3, -0.25) is 9.59 Å². The number of carbonyl (C=O) groups is 1. The first-order valence-electron chi connectivity index (χ1n) is 9.03. The van der Waals surface area contributed by atoms with Crippen LogP contribution in [0.3, 0.4) is 0 Å². The van der Waals surface area contributed by atoms with Gasteiger partial charge in [0.15, 0.2) is 0 Å². The van der Waals surface area contributed by atoms with E-state index in [1.807, 2.05) is 61.5 Å². The number of nitrogens with one attached hydrogen (secondary N) is 1. The molecule has 3 rings (SSSR count). The Hall–Kier alpha value is -3.21. The molecule has 0 bridgehead atoms. The molecule has 0 radical (unpaired) electrons. The zero-order valence-corrected chi connectivity index (χ0v) is 15.6. The predicted molar refractivity (Wildman–Crippen MR) is 107 cm³/mol. The summed E-state index contributed by atoms with van der Waals surface area (Å²) in [5.41, 5.74) is 3.58. The molecule has 1 unspecified atom stereocenters. The number of aryl methyl sites for hydroxylation is 1. The third kappa shape index (κ3) is 4.70. The van der Waals surface area contributed by atoms with Crippen LogP contribution in [-0.4, -0.2) is 22.2 Å². The maximum Gasteiger partial charge on any atom is 0.267 e. The van der Waals surface area contributed by atoms with Gasteiger partial charge < -0.3 is 5.32 Å². The van der Waals surface area contributed by atoms with Gasteiger partial charge in [0.25, 0.3) is 5.56 Å². The third-order valence-corrected chi connectivity index (χ3v) is 4.47. The first kappa shape index (κ1) is 18.6. The monoisotopic (exact) mass is 361 g/mol. The highest BCUT2D eigenvalue weighted by Gasteiger charge is 2.17. The van der Waals surface area contributed by atoms with Crippen molar-refractivity contribution in [1.82, 2.24) is 15.1 Å². The lowest BCUT2D eigenvalue weighted by Crippen LogP contribution is -2.37. The van der Waals surface area contributed by atoms with Gasteiger partial charge in [0, 0.05) is 18.2 Å². The zero-order valence-electron chi connectivity index (χ0n) is 15.6. The van der Waals surface area contributed by atoms with Gasteiger partial charge in [0.2, 0.25) is 5.91 Å². The molecule has 27 heavy (non-hydrogen) atoms. The first-order chi connectivity index (χ1) is 13.0. The molecule has 1 N–H and O–H groups in total. The number of benzene rings is 2. The lowest BCUT2D eigenvalue weighted by molar-refractivity contribution is -0.124. The van der Waals surface area contributed by atoms with Crippen LogP contribution in [0, 0.1) is 6.92 Å². The zero-order chi connectivity index (χ0) is 19.2. The molecule has 1 aromatic heterocycles. The summed E-state index contributed by atoms with van der Waals surface area (Å²) in [5.74, 6) is -0.221. The Bertz CT molecular complexity index is 963.